The molecular weight excluding hydrogens is 236 g/mol. The van der Waals surface area contributed by atoms with Crippen molar-refractivity contribution in [2.75, 3.05) is 24.0 Å². The summed E-state index contributed by atoms with van der Waals surface area (Å²) < 4.78 is 28.0. The summed E-state index contributed by atoms with van der Waals surface area (Å²) >= 11 is 0. The maximum absolute atomic E-state index is 11.5. The molecule has 0 fully saturated rings. The van der Waals surface area contributed by atoms with Crippen LogP contribution < -0.4 is 0 Å². The summed E-state index contributed by atoms with van der Waals surface area (Å²) in [6.45, 7) is 3.36. The molecule has 6 heteroatoms. The largest absolute Gasteiger partial charge is 0.299 e. The molecule has 0 radical (unpaired) electrons. The van der Waals surface area contributed by atoms with Gasteiger partial charge in [-0.05, 0) is 25.9 Å². The second kappa shape index (κ2) is 5.86. The van der Waals surface area contributed by atoms with Crippen LogP contribution in [0.1, 0.15) is 26.7 Å². The van der Waals surface area contributed by atoms with Gasteiger partial charge in [-0.1, -0.05) is 13.3 Å². The zero-order chi connectivity index (χ0) is 12.1. The van der Waals surface area contributed by atoms with Gasteiger partial charge >= 0.3 is 0 Å². The first-order chi connectivity index (χ1) is 6.68. The maximum atomic E-state index is 11.5. The summed E-state index contributed by atoms with van der Waals surface area (Å²) in [7, 11) is -5.27. The van der Waals surface area contributed by atoms with E-state index in [9.17, 15) is 13.2 Å². The molecule has 0 aliphatic rings. The lowest BCUT2D eigenvalue weighted by Crippen LogP contribution is -2.18. The Bertz CT molecular complexity index is 306. The van der Waals surface area contributed by atoms with Gasteiger partial charge in [0.1, 0.15) is 5.78 Å². The van der Waals surface area contributed by atoms with Gasteiger partial charge in [0.2, 0.25) is 0 Å². The van der Waals surface area contributed by atoms with Crippen LogP contribution in [0.4, 0.5) is 0 Å². The third-order valence-electron chi connectivity index (χ3n) is 1.59. The Kier molecular flexibility index (Phi) is 5.84. The maximum Gasteiger partial charge on any atom is 0.276 e. The molecule has 0 aliphatic heterocycles. The van der Waals surface area contributed by atoms with E-state index < -0.39 is 20.4 Å². The van der Waals surface area contributed by atoms with Crippen molar-refractivity contribution in [1.29, 1.82) is 0 Å². The van der Waals surface area contributed by atoms with Crippen molar-refractivity contribution in [2.45, 2.75) is 26.7 Å². The van der Waals surface area contributed by atoms with E-state index in [0.717, 1.165) is 6.42 Å². The van der Waals surface area contributed by atoms with Crippen LogP contribution >= 0.6 is 10.3 Å². The average Bonchev–Trinajstić information content (AvgIpc) is 1.95. The third kappa shape index (κ3) is 7.81. The first-order valence-corrected chi connectivity index (χ1v) is 8.95. The van der Waals surface area contributed by atoms with Crippen molar-refractivity contribution in [3.05, 3.63) is 0 Å². The van der Waals surface area contributed by atoms with Gasteiger partial charge in [-0.2, -0.15) is 8.42 Å². The zero-order valence-electron chi connectivity index (χ0n) is 9.78. The van der Waals surface area contributed by atoms with Crippen LogP contribution in [0.15, 0.2) is 0 Å². The Labute approximate surface area is 94.0 Å². The first kappa shape index (κ1) is 14.9. The van der Waals surface area contributed by atoms with E-state index in [1.54, 1.807) is 12.5 Å². The molecule has 0 atom stereocenters. The van der Waals surface area contributed by atoms with Crippen molar-refractivity contribution in [1.82, 2.24) is 0 Å². The summed E-state index contributed by atoms with van der Waals surface area (Å²) in [6.07, 6.45) is 4.79. The van der Waals surface area contributed by atoms with Gasteiger partial charge in [0.05, 0.1) is 11.5 Å². The van der Waals surface area contributed by atoms with Crippen LogP contribution in [-0.4, -0.2) is 38.2 Å². The fraction of sp³-hybridized carbons (Fsp3) is 0.889. The number of hydrogen-bond donors (Lipinski definition) is 0. The smallest absolute Gasteiger partial charge is 0.276 e. The van der Waals surface area contributed by atoms with Gasteiger partial charge in [0, 0.05) is 0 Å². The topological polar surface area (TPSA) is 60.4 Å². The molecule has 0 N–H and O–H groups in total. The quantitative estimate of drug-likeness (QED) is 0.695. The number of carbonyl (C=O) groups excluding carboxylic acids is 1. The second-order valence-corrected chi connectivity index (χ2v) is 9.20. The van der Waals surface area contributed by atoms with Crippen LogP contribution in [0.3, 0.4) is 0 Å². The van der Waals surface area contributed by atoms with Gasteiger partial charge in [0.25, 0.3) is 10.1 Å². The second-order valence-electron chi connectivity index (χ2n) is 3.97. The minimum absolute atomic E-state index is 0.0395. The lowest BCUT2D eigenvalue weighted by Gasteiger charge is -2.28. The normalized spacial score (nSPS) is 13.9. The highest BCUT2D eigenvalue weighted by Gasteiger charge is 2.23. The Hall–Kier alpha value is -0.0700. The predicted molar refractivity (Wildman–Crippen MR) is 64.8 cm³/mol. The summed E-state index contributed by atoms with van der Waals surface area (Å²) in [5.41, 5.74) is 0. The van der Waals surface area contributed by atoms with Crippen LogP contribution in [-0.2, 0) is 18.5 Å². The predicted octanol–water partition coefficient (Wildman–Crippen LogP) is 1.70. The van der Waals surface area contributed by atoms with Crippen molar-refractivity contribution >= 4 is 26.2 Å². The van der Waals surface area contributed by atoms with Crippen LogP contribution in [0, 0.1) is 0 Å². The lowest BCUT2D eigenvalue weighted by molar-refractivity contribution is -0.114. The van der Waals surface area contributed by atoms with Gasteiger partial charge in [-0.15, -0.1) is 10.3 Å². The molecule has 4 nitrogen and oxygen atoms in total. The monoisotopic (exact) mass is 256 g/mol. The molecule has 0 aromatic heterocycles. The molecule has 0 aromatic rings. The van der Waals surface area contributed by atoms with Crippen LogP contribution in [0.2, 0.25) is 0 Å². The first-order valence-electron chi connectivity index (χ1n) is 4.83. The highest BCUT2D eigenvalue weighted by atomic mass is 32.3. The molecule has 0 aliphatic carbocycles. The number of hydrogen-bond acceptors (Lipinski definition) is 4. The number of ketones is 1. The highest BCUT2D eigenvalue weighted by molar-refractivity contribution is 8.32. The molecule has 0 saturated heterocycles. The molecule has 0 rings (SSSR count). The van der Waals surface area contributed by atoms with Gasteiger partial charge < -0.3 is 0 Å². The molecule has 0 aromatic carbocycles. The Morgan fingerprint density at radius 2 is 1.80 bits per heavy atom. The molecule has 0 unspecified atom stereocenters. The van der Waals surface area contributed by atoms with Crippen LogP contribution in [0.5, 0.6) is 0 Å². The van der Waals surface area contributed by atoms with E-state index in [1.165, 1.54) is 6.92 Å². The van der Waals surface area contributed by atoms with Crippen LogP contribution in [0.25, 0.3) is 0 Å². The van der Waals surface area contributed by atoms with E-state index >= 15 is 0 Å². The van der Waals surface area contributed by atoms with E-state index in [-0.39, 0.29) is 17.3 Å². The molecule has 0 bridgehead atoms. The summed E-state index contributed by atoms with van der Waals surface area (Å²) in [5, 5.41) is 0. The Morgan fingerprint density at radius 1 is 1.27 bits per heavy atom. The van der Waals surface area contributed by atoms with Gasteiger partial charge in [-0.3, -0.25) is 4.79 Å². The zero-order valence-corrected chi connectivity index (χ0v) is 11.4. The minimum Gasteiger partial charge on any atom is -0.299 e. The summed E-state index contributed by atoms with van der Waals surface area (Å²) in [6, 6.07) is 0. The fourth-order valence-corrected chi connectivity index (χ4v) is 5.48. The van der Waals surface area contributed by atoms with Gasteiger partial charge in [0.15, 0.2) is 0 Å². The lowest BCUT2D eigenvalue weighted by atomic mass is 10.4. The number of unbranched alkanes of at least 4 members (excludes halogenated alkanes) is 1. The number of carbonyl (C=O) groups is 1. The number of Topliss-reactive ketones (excluding diaryl/α,β-unsaturated/α-hetero) is 1. The van der Waals surface area contributed by atoms with E-state index in [1.807, 2.05) is 6.92 Å². The highest BCUT2D eigenvalue weighted by Crippen LogP contribution is 2.42. The van der Waals surface area contributed by atoms with E-state index in [2.05, 4.69) is 0 Å². The molecule has 0 saturated carbocycles. The molecule has 92 valence electrons. The standard InChI is InChI=1S/C9H20O4S2/c1-5-6-7-15(11,12)13-14(3,4)8-9(2)10/h5-8H2,1-4H3. The summed E-state index contributed by atoms with van der Waals surface area (Å²) in [4.78, 5) is 10.9. The molecule has 15 heavy (non-hydrogen) atoms. The van der Waals surface area contributed by atoms with Crippen molar-refractivity contribution in [3.63, 3.8) is 0 Å². The molecule has 0 heterocycles. The average molecular weight is 256 g/mol. The van der Waals surface area contributed by atoms with E-state index in [4.69, 9.17) is 3.63 Å². The Morgan fingerprint density at radius 3 is 2.20 bits per heavy atom. The molecule has 0 spiro atoms. The van der Waals surface area contributed by atoms with E-state index in [0.29, 0.717) is 6.42 Å². The van der Waals surface area contributed by atoms with Crippen molar-refractivity contribution < 1.29 is 16.8 Å². The van der Waals surface area contributed by atoms with Crippen molar-refractivity contribution in [2.24, 2.45) is 0 Å². The number of rotatable bonds is 7. The fourth-order valence-electron chi connectivity index (χ4n) is 1.15. The molecule has 0 amide bonds. The third-order valence-corrected chi connectivity index (χ3v) is 5.78. The summed E-state index contributed by atoms with van der Waals surface area (Å²) in [5.74, 6) is 0.191. The SMILES string of the molecule is CCCCS(=O)(=O)OS(C)(C)CC(C)=O. The van der Waals surface area contributed by atoms with Crippen molar-refractivity contribution in [3.8, 4) is 0 Å². The minimum atomic E-state index is -3.46. The molecular formula is C9H20O4S2. The Balaban J connectivity index is 4.37. The van der Waals surface area contributed by atoms with Gasteiger partial charge in [-0.25, -0.2) is 3.63 Å².